The van der Waals surface area contributed by atoms with Gasteiger partial charge in [0.15, 0.2) is 0 Å². The molecule has 0 spiro atoms. The fourth-order valence-corrected chi connectivity index (χ4v) is 4.76. The number of hydrogen-bond acceptors (Lipinski definition) is 3. The molecule has 0 bridgehead atoms. The van der Waals surface area contributed by atoms with Crippen molar-refractivity contribution >= 4 is 32.4 Å². The van der Waals surface area contributed by atoms with Gasteiger partial charge in [0, 0.05) is 28.9 Å². The van der Waals surface area contributed by atoms with Crippen molar-refractivity contribution in [2.24, 2.45) is 11.7 Å². The zero-order valence-corrected chi connectivity index (χ0v) is 13.1. The summed E-state index contributed by atoms with van der Waals surface area (Å²) in [5.41, 5.74) is 5.65. The Morgan fingerprint density at radius 3 is 2.57 bits per heavy atom. The summed E-state index contributed by atoms with van der Waals surface area (Å²) in [6.45, 7) is 1.55. The van der Waals surface area contributed by atoms with Crippen LogP contribution >= 0.6 is 11.6 Å². The average molecular weight is 325 g/mol. The molecule has 0 amide bonds. The largest absolute Gasteiger partial charge is 0.330 e. The predicted molar refractivity (Wildman–Crippen MR) is 84.9 cm³/mol. The van der Waals surface area contributed by atoms with Crippen molar-refractivity contribution in [1.82, 2.24) is 4.31 Å². The van der Waals surface area contributed by atoms with Crippen molar-refractivity contribution in [3.05, 3.63) is 41.4 Å². The van der Waals surface area contributed by atoms with E-state index in [1.165, 1.54) is 4.31 Å². The van der Waals surface area contributed by atoms with Crippen LogP contribution in [-0.2, 0) is 10.0 Å². The van der Waals surface area contributed by atoms with Gasteiger partial charge in [0.25, 0.3) is 0 Å². The number of nitrogens with two attached hydrogens (primary N) is 1. The van der Waals surface area contributed by atoms with E-state index in [1.54, 1.807) is 18.2 Å². The van der Waals surface area contributed by atoms with Crippen LogP contribution < -0.4 is 5.73 Å². The van der Waals surface area contributed by atoms with Gasteiger partial charge in [-0.3, -0.25) is 0 Å². The molecule has 1 atom stereocenters. The maximum Gasteiger partial charge on any atom is 0.243 e. The molecule has 6 heteroatoms. The van der Waals surface area contributed by atoms with E-state index >= 15 is 0 Å². The van der Waals surface area contributed by atoms with Crippen LogP contribution in [0.25, 0.3) is 10.8 Å². The first-order chi connectivity index (χ1) is 10.0. The highest BCUT2D eigenvalue weighted by Gasteiger charge is 2.32. The van der Waals surface area contributed by atoms with Gasteiger partial charge in [0.1, 0.15) is 0 Å². The summed E-state index contributed by atoms with van der Waals surface area (Å²) in [5, 5.41) is 1.99. The van der Waals surface area contributed by atoms with Gasteiger partial charge in [-0.15, -0.1) is 0 Å². The van der Waals surface area contributed by atoms with E-state index in [0.717, 1.165) is 11.8 Å². The predicted octanol–water partition coefficient (Wildman–Crippen LogP) is 2.46. The van der Waals surface area contributed by atoms with Crippen molar-refractivity contribution in [2.75, 3.05) is 19.6 Å². The third kappa shape index (κ3) is 2.55. The van der Waals surface area contributed by atoms with E-state index in [-0.39, 0.29) is 5.92 Å². The standard InChI is InChI=1S/C15H17ClN2O2S/c16-14-5-6-15(13-4-2-1-3-12(13)14)21(19,20)18-8-7-11(9-17)10-18/h1-6,11H,7-10,17H2. The van der Waals surface area contributed by atoms with E-state index in [1.807, 2.05) is 18.2 Å². The van der Waals surface area contributed by atoms with Crippen LogP contribution in [0.15, 0.2) is 41.3 Å². The second-order valence-electron chi connectivity index (χ2n) is 5.34. The smallest absolute Gasteiger partial charge is 0.243 e. The molecule has 2 N–H and O–H groups in total. The second kappa shape index (κ2) is 5.57. The molecule has 2 aromatic carbocycles. The van der Waals surface area contributed by atoms with Gasteiger partial charge in [-0.2, -0.15) is 4.31 Å². The first-order valence-electron chi connectivity index (χ1n) is 6.91. The van der Waals surface area contributed by atoms with Crippen LogP contribution in [-0.4, -0.2) is 32.4 Å². The molecular formula is C15H17ClN2O2S. The van der Waals surface area contributed by atoms with Gasteiger partial charge < -0.3 is 5.73 Å². The van der Waals surface area contributed by atoms with E-state index in [0.29, 0.717) is 34.9 Å². The number of nitrogens with zero attached hydrogens (tertiary/aromatic N) is 1. The van der Waals surface area contributed by atoms with Crippen molar-refractivity contribution in [3.63, 3.8) is 0 Å². The van der Waals surface area contributed by atoms with Crippen LogP contribution in [0.4, 0.5) is 0 Å². The van der Waals surface area contributed by atoms with Crippen LogP contribution in [0.2, 0.25) is 5.02 Å². The third-order valence-corrected chi connectivity index (χ3v) is 6.28. The molecule has 1 heterocycles. The molecule has 0 aromatic heterocycles. The Bertz CT molecular complexity index is 776. The summed E-state index contributed by atoms with van der Waals surface area (Å²) in [7, 11) is -3.51. The number of hydrogen-bond donors (Lipinski definition) is 1. The number of sulfonamides is 1. The molecule has 4 nitrogen and oxygen atoms in total. The highest BCUT2D eigenvalue weighted by molar-refractivity contribution is 7.89. The quantitative estimate of drug-likeness (QED) is 0.943. The lowest BCUT2D eigenvalue weighted by molar-refractivity contribution is 0.460. The SMILES string of the molecule is NCC1CCN(S(=O)(=O)c2ccc(Cl)c3ccccc23)C1. The van der Waals surface area contributed by atoms with Gasteiger partial charge in [0.2, 0.25) is 10.0 Å². The zero-order chi connectivity index (χ0) is 15.0. The second-order valence-corrected chi connectivity index (χ2v) is 7.66. The molecule has 2 aromatic rings. The van der Waals surface area contributed by atoms with E-state index in [4.69, 9.17) is 17.3 Å². The van der Waals surface area contributed by atoms with Crippen LogP contribution in [0, 0.1) is 5.92 Å². The van der Waals surface area contributed by atoms with Gasteiger partial charge in [-0.25, -0.2) is 8.42 Å². The maximum absolute atomic E-state index is 12.9. The topological polar surface area (TPSA) is 63.4 Å². The monoisotopic (exact) mass is 324 g/mol. The molecule has 3 rings (SSSR count). The fourth-order valence-electron chi connectivity index (χ4n) is 2.81. The van der Waals surface area contributed by atoms with Gasteiger partial charge in [-0.1, -0.05) is 35.9 Å². The summed E-state index contributed by atoms with van der Waals surface area (Å²) in [5.74, 6) is 0.248. The summed E-state index contributed by atoms with van der Waals surface area (Å²) >= 11 is 6.16. The van der Waals surface area contributed by atoms with E-state index in [2.05, 4.69) is 0 Å². The number of rotatable bonds is 3. The number of benzene rings is 2. The molecule has 0 radical (unpaired) electrons. The summed E-state index contributed by atoms with van der Waals surface area (Å²) < 4.78 is 27.3. The van der Waals surface area contributed by atoms with Crippen molar-refractivity contribution < 1.29 is 8.42 Å². The number of halogens is 1. The zero-order valence-electron chi connectivity index (χ0n) is 11.5. The molecular weight excluding hydrogens is 308 g/mol. The Morgan fingerprint density at radius 1 is 1.19 bits per heavy atom. The lowest BCUT2D eigenvalue weighted by Gasteiger charge is -2.18. The minimum Gasteiger partial charge on any atom is -0.330 e. The van der Waals surface area contributed by atoms with Gasteiger partial charge in [0.05, 0.1) is 4.90 Å². The normalized spacial score (nSPS) is 20.2. The van der Waals surface area contributed by atoms with Crippen molar-refractivity contribution in [2.45, 2.75) is 11.3 Å². The van der Waals surface area contributed by atoms with Crippen LogP contribution in [0.1, 0.15) is 6.42 Å². The number of fused-ring (bicyclic) bond motifs is 1. The Kier molecular flexibility index (Phi) is 3.92. The van der Waals surface area contributed by atoms with Crippen molar-refractivity contribution in [3.8, 4) is 0 Å². The molecule has 1 saturated heterocycles. The summed E-state index contributed by atoms with van der Waals surface area (Å²) in [4.78, 5) is 0.320. The fraction of sp³-hybridized carbons (Fsp3) is 0.333. The molecule has 1 aliphatic rings. The molecule has 0 aliphatic carbocycles. The van der Waals surface area contributed by atoms with Crippen molar-refractivity contribution in [1.29, 1.82) is 0 Å². The maximum atomic E-state index is 12.9. The Labute approximate surface area is 129 Å². The van der Waals surface area contributed by atoms with Gasteiger partial charge in [-0.05, 0) is 31.0 Å². The first-order valence-corrected chi connectivity index (χ1v) is 8.73. The first kappa shape index (κ1) is 14.8. The highest BCUT2D eigenvalue weighted by atomic mass is 35.5. The highest BCUT2D eigenvalue weighted by Crippen LogP contribution is 2.32. The Morgan fingerprint density at radius 2 is 1.90 bits per heavy atom. The molecule has 1 fully saturated rings. The Balaban J connectivity index is 2.10. The molecule has 1 aliphatic heterocycles. The molecule has 0 saturated carbocycles. The molecule has 21 heavy (non-hydrogen) atoms. The Hall–Kier alpha value is -1.14. The van der Waals surface area contributed by atoms with E-state index < -0.39 is 10.0 Å². The minimum absolute atomic E-state index is 0.248. The molecule has 1 unspecified atom stereocenters. The van der Waals surface area contributed by atoms with Crippen LogP contribution in [0.5, 0.6) is 0 Å². The van der Waals surface area contributed by atoms with Crippen LogP contribution in [0.3, 0.4) is 0 Å². The minimum atomic E-state index is -3.51. The van der Waals surface area contributed by atoms with Gasteiger partial charge >= 0.3 is 0 Å². The van der Waals surface area contributed by atoms with E-state index in [9.17, 15) is 8.42 Å². The average Bonchev–Trinajstić information content (AvgIpc) is 2.97. The summed E-state index contributed by atoms with van der Waals surface area (Å²) in [6.07, 6.45) is 0.821. The lowest BCUT2D eigenvalue weighted by atomic mass is 10.1. The summed E-state index contributed by atoms with van der Waals surface area (Å²) in [6, 6.07) is 10.5. The molecule has 112 valence electrons. The third-order valence-electron chi connectivity index (χ3n) is 4.03. The lowest BCUT2D eigenvalue weighted by Crippen LogP contribution is -2.30.